The molecule has 0 atom stereocenters. The lowest BCUT2D eigenvalue weighted by Gasteiger charge is -2.06. The lowest BCUT2D eigenvalue weighted by Crippen LogP contribution is -2.22. The van der Waals surface area contributed by atoms with Gasteiger partial charge in [0.15, 0.2) is 10.9 Å². The average molecular weight is 395 g/mol. The number of rotatable bonds is 8. The Hall–Kier alpha value is -3.19. The maximum atomic E-state index is 12.3. The molecule has 0 saturated heterocycles. The van der Waals surface area contributed by atoms with Gasteiger partial charge in [0.05, 0.1) is 18.8 Å². The van der Waals surface area contributed by atoms with Crippen molar-refractivity contribution < 1.29 is 14.3 Å². The van der Waals surface area contributed by atoms with Crippen molar-refractivity contribution in [3.63, 3.8) is 0 Å². The van der Waals surface area contributed by atoms with E-state index in [1.807, 2.05) is 30.5 Å². The average Bonchev–Trinajstić information content (AvgIpc) is 3.14. The predicted molar refractivity (Wildman–Crippen MR) is 111 cm³/mol. The van der Waals surface area contributed by atoms with Crippen LogP contribution in [0.25, 0.3) is 0 Å². The zero-order valence-electron chi connectivity index (χ0n) is 15.7. The Morgan fingerprint density at radius 3 is 2.61 bits per heavy atom. The molecule has 0 aliphatic rings. The molecule has 144 valence electrons. The first kappa shape index (κ1) is 19.6. The summed E-state index contributed by atoms with van der Waals surface area (Å²) in [5.74, 6) is 0.528. The molecule has 0 spiro atoms. The molecule has 7 heteroatoms. The lowest BCUT2D eigenvalue weighted by atomic mass is 10.1. The third-order valence-corrected chi connectivity index (χ3v) is 4.74. The number of ketones is 1. The number of Topliss-reactive ketones (excluding diaryl/α,β-unsaturated/α-hetero) is 1. The van der Waals surface area contributed by atoms with Gasteiger partial charge in [0.2, 0.25) is 0 Å². The van der Waals surface area contributed by atoms with Gasteiger partial charge in [-0.15, -0.1) is 11.3 Å². The minimum Gasteiger partial charge on any atom is -0.494 e. The summed E-state index contributed by atoms with van der Waals surface area (Å²) in [4.78, 5) is 28.1. The van der Waals surface area contributed by atoms with Crippen LogP contribution in [-0.2, 0) is 6.54 Å². The van der Waals surface area contributed by atoms with Gasteiger partial charge in [0.1, 0.15) is 5.75 Å². The van der Waals surface area contributed by atoms with Crippen molar-refractivity contribution in [2.75, 3.05) is 11.9 Å². The molecular formula is C21H21N3O3S. The number of hydrogen-bond acceptors (Lipinski definition) is 6. The van der Waals surface area contributed by atoms with Crippen molar-refractivity contribution in [2.45, 2.75) is 20.4 Å². The third-order valence-electron chi connectivity index (χ3n) is 3.93. The SMILES string of the molecule is CCOc1cccc(C(=O)NCc2csc(Nc3ccc(C(C)=O)cc3)n2)c1. The van der Waals surface area contributed by atoms with Crippen molar-refractivity contribution in [3.8, 4) is 5.75 Å². The monoisotopic (exact) mass is 395 g/mol. The minimum atomic E-state index is -0.177. The second-order valence-corrected chi connectivity index (χ2v) is 6.90. The fourth-order valence-corrected chi connectivity index (χ4v) is 3.25. The van der Waals surface area contributed by atoms with Gasteiger partial charge in [-0.3, -0.25) is 9.59 Å². The Bertz CT molecular complexity index is 967. The molecule has 2 aromatic carbocycles. The van der Waals surface area contributed by atoms with Crippen LogP contribution in [0, 0.1) is 0 Å². The van der Waals surface area contributed by atoms with Crippen LogP contribution in [-0.4, -0.2) is 23.3 Å². The number of amides is 1. The summed E-state index contributed by atoms with van der Waals surface area (Å²) in [5, 5.41) is 8.68. The van der Waals surface area contributed by atoms with Crippen molar-refractivity contribution in [1.29, 1.82) is 0 Å². The van der Waals surface area contributed by atoms with Crippen molar-refractivity contribution in [2.24, 2.45) is 0 Å². The third kappa shape index (κ3) is 5.17. The van der Waals surface area contributed by atoms with Gasteiger partial charge < -0.3 is 15.4 Å². The number of ether oxygens (including phenoxy) is 1. The van der Waals surface area contributed by atoms with E-state index in [2.05, 4.69) is 15.6 Å². The lowest BCUT2D eigenvalue weighted by molar-refractivity contribution is 0.0949. The molecule has 6 nitrogen and oxygen atoms in total. The second kappa shape index (κ2) is 9.14. The quantitative estimate of drug-likeness (QED) is 0.552. The van der Waals surface area contributed by atoms with Gasteiger partial charge in [-0.05, 0) is 56.3 Å². The van der Waals surface area contributed by atoms with Crippen molar-refractivity contribution >= 4 is 33.8 Å². The maximum absolute atomic E-state index is 12.3. The van der Waals surface area contributed by atoms with Crippen LogP contribution in [0.1, 0.15) is 40.3 Å². The molecule has 0 aliphatic heterocycles. The number of carbonyl (C=O) groups excluding carboxylic acids is 2. The first-order valence-electron chi connectivity index (χ1n) is 8.88. The number of nitrogens with one attached hydrogen (secondary N) is 2. The van der Waals surface area contributed by atoms with E-state index < -0.39 is 0 Å². The Morgan fingerprint density at radius 1 is 1.11 bits per heavy atom. The van der Waals surface area contributed by atoms with E-state index >= 15 is 0 Å². The highest BCUT2D eigenvalue weighted by Gasteiger charge is 2.09. The number of carbonyl (C=O) groups is 2. The van der Waals surface area contributed by atoms with Crippen LogP contribution < -0.4 is 15.4 Å². The number of hydrogen-bond donors (Lipinski definition) is 2. The van der Waals surface area contributed by atoms with E-state index in [1.54, 1.807) is 30.3 Å². The molecule has 1 amide bonds. The highest BCUT2D eigenvalue weighted by Crippen LogP contribution is 2.21. The van der Waals surface area contributed by atoms with E-state index in [9.17, 15) is 9.59 Å². The molecule has 0 radical (unpaired) electrons. The Morgan fingerprint density at radius 2 is 1.89 bits per heavy atom. The molecule has 1 aromatic heterocycles. The predicted octanol–water partition coefficient (Wildman–Crippen LogP) is 4.42. The van der Waals surface area contributed by atoms with E-state index in [-0.39, 0.29) is 11.7 Å². The fraction of sp³-hybridized carbons (Fsp3) is 0.190. The van der Waals surface area contributed by atoms with Gasteiger partial charge in [-0.1, -0.05) is 6.07 Å². The van der Waals surface area contributed by atoms with Crippen LogP contribution in [0.3, 0.4) is 0 Å². The molecule has 0 unspecified atom stereocenters. The molecule has 0 aliphatic carbocycles. The standard InChI is InChI=1S/C21H21N3O3S/c1-3-27-19-6-4-5-16(11-19)20(26)22-12-18-13-28-21(24-18)23-17-9-7-15(8-10-17)14(2)25/h4-11,13H,3,12H2,1-2H3,(H,22,26)(H,23,24). The van der Waals surface area contributed by atoms with Crippen molar-refractivity contribution in [3.05, 3.63) is 70.7 Å². The number of aromatic nitrogens is 1. The van der Waals surface area contributed by atoms with Crippen LogP contribution in [0.5, 0.6) is 5.75 Å². The first-order chi connectivity index (χ1) is 13.5. The summed E-state index contributed by atoms with van der Waals surface area (Å²) in [6.07, 6.45) is 0. The molecule has 3 rings (SSSR count). The van der Waals surface area contributed by atoms with E-state index in [1.165, 1.54) is 18.3 Å². The number of anilines is 2. The fourth-order valence-electron chi connectivity index (χ4n) is 2.52. The summed E-state index contributed by atoms with van der Waals surface area (Å²) in [5.41, 5.74) is 2.83. The molecule has 1 heterocycles. The van der Waals surface area contributed by atoms with Gasteiger partial charge in [-0.2, -0.15) is 0 Å². The highest BCUT2D eigenvalue weighted by atomic mass is 32.1. The number of benzene rings is 2. The van der Waals surface area contributed by atoms with Crippen LogP contribution in [0.15, 0.2) is 53.9 Å². The van der Waals surface area contributed by atoms with E-state index in [0.717, 1.165) is 16.5 Å². The van der Waals surface area contributed by atoms with E-state index in [4.69, 9.17) is 4.74 Å². The zero-order chi connectivity index (χ0) is 19.9. The van der Waals surface area contributed by atoms with Crippen LogP contribution in [0.4, 0.5) is 10.8 Å². The second-order valence-electron chi connectivity index (χ2n) is 6.05. The molecule has 28 heavy (non-hydrogen) atoms. The molecule has 2 N–H and O–H groups in total. The topological polar surface area (TPSA) is 80.3 Å². The van der Waals surface area contributed by atoms with Crippen molar-refractivity contribution in [1.82, 2.24) is 10.3 Å². The summed E-state index contributed by atoms with van der Waals surface area (Å²) >= 11 is 1.45. The van der Waals surface area contributed by atoms with Gasteiger partial charge in [0, 0.05) is 22.2 Å². The molecule has 0 bridgehead atoms. The number of nitrogens with zero attached hydrogens (tertiary/aromatic N) is 1. The summed E-state index contributed by atoms with van der Waals surface area (Å²) in [6.45, 7) is 4.32. The summed E-state index contributed by atoms with van der Waals surface area (Å²) < 4.78 is 5.42. The summed E-state index contributed by atoms with van der Waals surface area (Å²) in [6, 6.07) is 14.3. The zero-order valence-corrected chi connectivity index (χ0v) is 16.5. The minimum absolute atomic E-state index is 0.0330. The molecule has 3 aromatic rings. The first-order valence-corrected chi connectivity index (χ1v) is 9.76. The smallest absolute Gasteiger partial charge is 0.251 e. The molecular weight excluding hydrogens is 374 g/mol. The van der Waals surface area contributed by atoms with Crippen LogP contribution >= 0.6 is 11.3 Å². The van der Waals surface area contributed by atoms with Gasteiger partial charge in [0.25, 0.3) is 5.91 Å². The Balaban J connectivity index is 1.56. The highest BCUT2D eigenvalue weighted by molar-refractivity contribution is 7.13. The summed E-state index contributed by atoms with van der Waals surface area (Å²) in [7, 11) is 0. The molecule has 0 saturated carbocycles. The maximum Gasteiger partial charge on any atom is 0.251 e. The van der Waals surface area contributed by atoms with E-state index in [0.29, 0.717) is 30.0 Å². The van der Waals surface area contributed by atoms with Gasteiger partial charge in [-0.25, -0.2) is 4.98 Å². The van der Waals surface area contributed by atoms with Crippen LogP contribution in [0.2, 0.25) is 0 Å². The van der Waals surface area contributed by atoms with Gasteiger partial charge >= 0.3 is 0 Å². The molecule has 0 fully saturated rings. The Kier molecular flexibility index (Phi) is 6.39. The Labute approximate surface area is 167 Å². The normalized spacial score (nSPS) is 10.4. The largest absolute Gasteiger partial charge is 0.494 e. The number of thiazole rings is 1.